The summed E-state index contributed by atoms with van der Waals surface area (Å²) >= 11 is 0. The van der Waals surface area contributed by atoms with Gasteiger partial charge in [-0.05, 0) is 38.8 Å². The molecule has 1 heterocycles. The Labute approximate surface area is 170 Å². The van der Waals surface area contributed by atoms with Crippen LogP contribution in [0, 0.1) is 0 Å². The fraction of sp³-hybridized carbons (Fsp3) is 0.500. The number of rotatable bonds is 10. The molecular formula is C20H29N5O4. The van der Waals surface area contributed by atoms with E-state index < -0.39 is 23.4 Å². The Hall–Kier alpha value is -2.94. The van der Waals surface area contributed by atoms with E-state index in [1.807, 2.05) is 37.3 Å². The molecule has 0 bridgehead atoms. The molecule has 3 N–H and O–H groups in total. The Balaban J connectivity index is 1.87. The van der Waals surface area contributed by atoms with Gasteiger partial charge in [-0.3, -0.25) is 24.7 Å². The monoisotopic (exact) mass is 403 g/mol. The Kier molecular flexibility index (Phi) is 7.72. The zero-order valence-electron chi connectivity index (χ0n) is 17.2. The van der Waals surface area contributed by atoms with E-state index in [4.69, 9.17) is 0 Å². The third-order valence-corrected chi connectivity index (χ3v) is 4.65. The molecule has 158 valence electrons. The second-order valence-electron chi connectivity index (χ2n) is 7.45. The van der Waals surface area contributed by atoms with Gasteiger partial charge in [0.15, 0.2) is 0 Å². The van der Waals surface area contributed by atoms with E-state index in [0.717, 1.165) is 17.0 Å². The molecule has 1 atom stereocenters. The minimum atomic E-state index is -1.09. The minimum Gasteiger partial charge on any atom is -0.355 e. The van der Waals surface area contributed by atoms with Crippen LogP contribution < -0.4 is 16.1 Å². The molecule has 0 aliphatic carbocycles. The van der Waals surface area contributed by atoms with Crippen LogP contribution in [-0.2, 0) is 20.8 Å². The van der Waals surface area contributed by atoms with Gasteiger partial charge >= 0.3 is 6.03 Å². The van der Waals surface area contributed by atoms with Crippen LogP contribution in [0.1, 0.15) is 32.3 Å². The zero-order chi connectivity index (χ0) is 21.4. The van der Waals surface area contributed by atoms with Crippen molar-refractivity contribution in [3.05, 3.63) is 35.9 Å². The van der Waals surface area contributed by atoms with Gasteiger partial charge in [0.1, 0.15) is 5.54 Å². The van der Waals surface area contributed by atoms with E-state index in [0.29, 0.717) is 19.4 Å². The quantitative estimate of drug-likeness (QED) is 0.491. The van der Waals surface area contributed by atoms with Crippen LogP contribution in [0.4, 0.5) is 4.79 Å². The first-order valence-corrected chi connectivity index (χ1v) is 9.70. The predicted molar refractivity (Wildman–Crippen MR) is 107 cm³/mol. The highest BCUT2D eigenvalue weighted by atomic mass is 16.2. The number of likely N-dealkylation sites (N-methyl/N-ethyl adjacent to an activating group) is 1. The van der Waals surface area contributed by atoms with Gasteiger partial charge < -0.3 is 10.6 Å². The number of nitrogens with one attached hydrogen (secondary N) is 3. The minimum absolute atomic E-state index is 0.0440. The fourth-order valence-electron chi connectivity index (χ4n) is 3.02. The molecular weight excluding hydrogens is 374 g/mol. The number of urea groups is 1. The van der Waals surface area contributed by atoms with E-state index in [2.05, 4.69) is 16.1 Å². The highest BCUT2D eigenvalue weighted by molar-refractivity contribution is 6.07. The lowest BCUT2D eigenvalue weighted by molar-refractivity contribution is -0.139. The average Bonchev–Trinajstić information content (AvgIpc) is 2.89. The molecule has 1 aromatic rings. The number of carbonyl (C=O) groups excluding carboxylic acids is 4. The molecule has 1 aliphatic rings. The topological polar surface area (TPSA) is 111 Å². The van der Waals surface area contributed by atoms with Crippen molar-refractivity contribution in [2.45, 2.75) is 38.6 Å². The molecule has 0 aromatic heterocycles. The van der Waals surface area contributed by atoms with Crippen LogP contribution in [0.25, 0.3) is 0 Å². The van der Waals surface area contributed by atoms with Crippen LogP contribution in [0.3, 0.4) is 0 Å². The van der Waals surface area contributed by atoms with Gasteiger partial charge in [-0.25, -0.2) is 4.79 Å². The number of amides is 5. The van der Waals surface area contributed by atoms with Gasteiger partial charge in [0, 0.05) is 6.54 Å². The Morgan fingerprint density at radius 1 is 1.14 bits per heavy atom. The van der Waals surface area contributed by atoms with Gasteiger partial charge in [-0.2, -0.15) is 5.01 Å². The largest absolute Gasteiger partial charge is 0.355 e. The Bertz CT molecular complexity index is 754. The highest BCUT2D eigenvalue weighted by Gasteiger charge is 2.48. The van der Waals surface area contributed by atoms with Crippen molar-refractivity contribution in [2.75, 3.05) is 26.7 Å². The first-order chi connectivity index (χ1) is 13.7. The lowest BCUT2D eigenvalue weighted by Crippen LogP contribution is -2.51. The standard InChI is InChI=1S/C20H29N5O4/c1-4-12-21-16(26)13-24(3)14-17(27)23-25-18(28)20(2,22-19(25)29)11-10-15-8-6-5-7-9-15/h5-9H,4,10-14H2,1-3H3,(H,21,26)(H,22,29)(H,23,27)/t20-/m1/s1. The van der Waals surface area contributed by atoms with Crippen molar-refractivity contribution in [2.24, 2.45) is 0 Å². The van der Waals surface area contributed by atoms with E-state index in [9.17, 15) is 19.2 Å². The third kappa shape index (κ3) is 6.28. The maximum Gasteiger partial charge on any atom is 0.344 e. The second kappa shape index (κ2) is 10.0. The fourth-order valence-corrected chi connectivity index (χ4v) is 3.02. The molecule has 29 heavy (non-hydrogen) atoms. The third-order valence-electron chi connectivity index (χ3n) is 4.65. The molecule has 0 saturated carbocycles. The molecule has 0 spiro atoms. The van der Waals surface area contributed by atoms with Crippen LogP contribution >= 0.6 is 0 Å². The van der Waals surface area contributed by atoms with Crippen LogP contribution in [0.5, 0.6) is 0 Å². The molecule has 9 nitrogen and oxygen atoms in total. The van der Waals surface area contributed by atoms with E-state index in [-0.39, 0.29) is 19.0 Å². The van der Waals surface area contributed by atoms with Gasteiger partial charge in [-0.1, -0.05) is 37.3 Å². The predicted octanol–water partition coefficient (Wildman–Crippen LogP) is 0.419. The molecule has 5 amide bonds. The highest BCUT2D eigenvalue weighted by Crippen LogP contribution is 2.22. The second-order valence-corrected chi connectivity index (χ2v) is 7.45. The number of benzene rings is 1. The molecule has 2 rings (SSSR count). The maximum atomic E-state index is 12.7. The summed E-state index contributed by atoms with van der Waals surface area (Å²) in [5.74, 6) is -1.24. The number of hydrazine groups is 1. The molecule has 0 unspecified atom stereocenters. The van der Waals surface area contributed by atoms with Crippen molar-refractivity contribution in [3.8, 4) is 0 Å². The smallest absolute Gasteiger partial charge is 0.344 e. The van der Waals surface area contributed by atoms with Gasteiger partial charge in [0.25, 0.3) is 11.8 Å². The van der Waals surface area contributed by atoms with Crippen molar-refractivity contribution in [3.63, 3.8) is 0 Å². The van der Waals surface area contributed by atoms with Gasteiger partial charge in [0.05, 0.1) is 13.1 Å². The maximum absolute atomic E-state index is 12.7. The number of hydrogen-bond acceptors (Lipinski definition) is 5. The zero-order valence-corrected chi connectivity index (χ0v) is 17.2. The Morgan fingerprint density at radius 3 is 2.45 bits per heavy atom. The Morgan fingerprint density at radius 2 is 1.79 bits per heavy atom. The van der Waals surface area contributed by atoms with Gasteiger partial charge in [-0.15, -0.1) is 0 Å². The van der Waals surface area contributed by atoms with Crippen LogP contribution in [0.2, 0.25) is 0 Å². The molecule has 9 heteroatoms. The summed E-state index contributed by atoms with van der Waals surface area (Å²) in [5, 5.41) is 6.10. The molecule has 1 saturated heterocycles. The first-order valence-electron chi connectivity index (χ1n) is 9.70. The normalized spacial score (nSPS) is 18.7. The first kappa shape index (κ1) is 22.4. The lowest BCUT2D eigenvalue weighted by Gasteiger charge is -2.22. The molecule has 1 aliphatic heterocycles. The molecule has 0 radical (unpaired) electrons. The number of aryl methyl sites for hydroxylation is 1. The van der Waals surface area contributed by atoms with E-state index in [1.165, 1.54) is 4.90 Å². The van der Waals surface area contributed by atoms with E-state index in [1.54, 1.807) is 14.0 Å². The van der Waals surface area contributed by atoms with Crippen molar-refractivity contribution >= 4 is 23.8 Å². The number of carbonyl (C=O) groups is 4. The van der Waals surface area contributed by atoms with Crippen molar-refractivity contribution in [1.29, 1.82) is 0 Å². The van der Waals surface area contributed by atoms with Gasteiger partial charge in [0.2, 0.25) is 5.91 Å². The van der Waals surface area contributed by atoms with Crippen molar-refractivity contribution < 1.29 is 19.2 Å². The molecule has 1 aromatic carbocycles. The summed E-state index contributed by atoms with van der Waals surface area (Å²) in [6.07, 6.45) is 1.84. The average molecular weight is 403 g/mol. The van der Waals surface area contributed by atoms with Crippen molar-refractivity contribution in [1.82, 2.24) is 26.0 Å². The van der Waals surface area contributed by atoms with Crippen LogP contribution in [-0.4, -0.2) is 65.9 Å². The van der Waals surface area contributed by atoms with E-state index >= 15 is 0 Å². The summed E-state index contributed by atoms with van der Waals surface area (Å²) in [5.41, 5.74) is 2.30. The number of nitrogens with zero attached hydrogens (tertiary/aromatic N) is 2. The number of imide groups is 1. The summed E-state index contributed by atoms with van der Waals surface area (Å²) in [6.45, 7) is 4.08. The summed E-state index contributed by atoms with van der Waals surface area (Å²) < 4.78 is 0. The summed E-state index contributed by atoms with van der Waals surface area (Å²) in [7, 11) is 1.61. The lowest BCUT2D eigenvalue weighted by atomic mass is 9.93. The molecule has 1 fully saturated rings. The summed E-state index contributed by atoms with van der Waals surface area (Å²) in [4.78, 5) is 50.4. The van der Waals surface area contributed by atoms with Crippen LogP contribution in [0.15, 0.2) is 30.3 Å². The SMILES string of the molecule is CCCNC(=O)CN(C)CC(=O)NN1C(=O)N[C@](C)(CCc2ccccc2)C1=O. The number of hydrogen-bond donors (Lipinski definition) is 3. The summed E-state index contributed by atoms with van der Waals surface area (Å²) in [6, 6.07) is 8.99.